The Balaban J connectivity index is 2.94. The SMILES string of the molecule is CNCCNS(=O)(=O)c1cccc(Br)c1Cl. The Morgan fingerprint density at radius 1 is 1.38 bits per heavy atom. The summed E-state index contributed by atoms with van der Waals surface area (Å²) in [7, 11) is -1.79. The number of hydrogen-bond acceptors (Lipinski definition) is 3. The van der Waals surface area contributed by atoms with Crippen LogP contribution in [-0.2, 0) is 10.0 Å². The Hall–Kier alpha value is -0.140. The van der Waals surface area contributed by atoms with E-state index in [1.165, 1.54) is 6.07 Å². The molecule has 0 aliphatic heterocycles. The highest BCUT2D eigenvalue weighted by molar-refractivity contribution is 9.10. The number of likely N-dealkylation sites (N-methyl/N-ethyl adjacent to an activating group) is 1. The average Bonchev–Trinajstić information content (AvgIpc) is 2.22. The van der Waals surface area contributed by atoms with Crippen molar-refractivity contribution in [2.24, 2.45) is 0 Å². The quantitative estimate of drug-likeness (QED) is 0.808. The van der Waals surface area contributed by atoms with E-state index in [1.54, 1.807) is 19.2 Å². The van der Waals surface area contributed by atoms with Gasteiger partial charge in [-0.3, -0.25) is 0 Å². The first-order chi connectivity index (χ1) is 7.49. The van der Waals surface area contributed by atoms with Gasteiger partial charge in [-0.1, -0.05) is 17.7 Å². The van der Waals surface area contributed by atoms with Gasteiger partial charge >= 0.3 is 0 Å². The average molecular weight is 328 g/mol. The van der Waals surface area contributed by atoms with E-state index in [2.05, 4.69) is 26.0 Å². The Bertz CT molecular complexity index is 465. The minimum Gasteiger partial charge on any atom is -0.318 e. The highest BCUT2D eigenvalue weighted by Crippen LogP contribution is 2.28. The van der Waals surface area contributed by atoms with E-state index in [0.717, 1.165) is 0 Å². The molecule has 0 atom stereocenters. The molecular formula is C9H12BrClN2O2S. The lowest BCUT2D eigenvalue weighted by Crippen LogP contribution is -2.30. The Morgan fingerprint density at radius 3 is 2.69 bits per heavy atom. The van der Waals surface area contributed by atoms with Crippen LogP contribution in [0, 0.1) is 0 Å². The summed E-state index contributed by atoms with van der Waals surface area (Å²) in [5.74, 6) is 0. The molecule has 90 valence electrons. The zero-order chi connectivity index (χ0) is 12.2. The van der Waals surface area contributed by atoms with E-state index in [4.69, 9.17) is 11.6 Å². The van der Waals surface area contributed by atoms with E-state index < -0.39 is 10.0 Å². The van der Waals surface area contributed by atoms with E-state index in [9.17, 15) is 8.42 Å². The van der Waals surface area contributed by atoms with Crippen LogP contribution in [0.3, 0.4) is 0 Å². The van der Waals surface area contributed by atoms with Crippen molar-refractivity contribution >= 4 is 37.6 Å². The highest BCUT2D eigenvalue weighted by atomic mass is 79.9. The van der Waals surface area contributed by atoms with Crippen LogP contribution in [0.25, 0.3) is 0 Å². The molecule has 0 saturated carbocycles. The number of benzene rings is 1. The molecule has 1 rings (SSSR count). The number of halogens is 2. The third kappa shape index (κ3) is 3.43. The van der Waals surface area contributed by atoms with Gasteiger partial charge in [0, 0.05) is 17.6 Å². The molecule has 2 N–H and O–H groups in total. The van der Waals surface area contributed by atoms with Crippen LogP contribution in [0.2, 0.25) is 5.02 Å². The number of nitrogens with one attached hydrogen (secondary N) is 2. The van der Waals surface area contributed by atoms with Gasteiger partial charge in [0.2, 0.25) is 10.0 Å². The van der Waals surface area contributed by atoms with Crippen LogP contribution >= 0.6 is 27.5 Å². The Kier molecular flexibility index (Phi) is 5.20. The van der Waals surface area contributed by atoms with Gasteiger partial charge in [-0.05, 0) is 35.1 Å². The molecule has 0 radical (unpaired) electrons. The first-order valence-electron chi connectivity index (χ1n) is 4.57. The zero-order valence-corrected chi connectivity index (χ0v) is 11.8. The van der Waals surface area contributed by atoms with E-state index in [1.807, 2.05) is 0 Å². The lowest BCUT2D eigenvalue weighted by Gasteiger charge is -2.08. The van der Waals surface area contributed by atoms with Crippen LogP contribution in [-0.4, -0.2) is 28.6 Å². The predicted molar refractivity (Wildman–Crippen MR) is 68.3 cm³/mol. The molecule has 0 heterocycles. The minimum absolute atomic E-state index is 0.0830. The molecule has 0 saturated heterocycles. The number of rotatable bonds is 5. The Labute approximate surface area is 109 Å². The molecule has 16 heavy (non-hydrogen) atoms. The molecule has 0 aliphatic carbocycles. The van der Waals surface area contributed by atoms with Gasteiger partial charge in [-0.25, -0.2) is 13.1 Å². The summed E-state index contributed by atoms with van der Waals surface area (Å²) < 4.78 is 26.7. The maximum Gasteiger partial charge on any atom is 0.242 e. The van der Waals surface area contributed by atoms with Crippen molar-refractivity contribution in [3.05, 3.63) is 27.7 Å². The molecule has 0 aliphatic rings. The van der Waals surface area contributed by atoms with E-state index in [0.29, 0.717) is 17.6 Å². The van der Waals surface area contributed by atoms with E-state index >= 15 is 0 Å². The molecule has 0 bridgehead atoms. The second-order valence-corrected chi connectivity index (χ2v) is 6.02. The summed E-state index contributed by atoms with van der Waals surface area (Å²) in [6.07, 6.45) is 0. The summed E-state index contributed by atoms with van der Waals surface area (Å²) in [4.78, 5) is 0.0830. The van der Waals surface area contributed by atoms with Crippen LogP contribution in [0.5, 0.6) is 0 Å². The van der Waals surface area contributed by atoms with Crippen molar-refractivity contribution in [1.82, 2.24) is 10.0 Å². The van der Waals surface area contributed by atoms with Gasteiger partial charge in [0.05, 0.1) is 5.02 Å². The van der Waals surface area contributed by atoms with Gasteiger partial charge in [0.1, 0.15) is 4.90 Å². The number of sulfonamides is 1. The summed E-state index contributed by atoms with van der Waals surface area (Å²) in [6, 6.07) is 4.78. The largest absolute Gasteiger partial charge is 0.318 e. The van der Waals surface area contributed by atoms with Gasteiger partial charge in [-0.2, -0.15) is 0 Å². The van der Waals surface area contributed by atoms with Crippen LogP contribution in [0.15, 0.2) is 27.6 Å². The van der Waals surface area contributed by atoms with E-state index in [-0.39, 0.29) is 9.92 Å². The summed E-state index contributed by atoms with van der Waals surface area (Å²) in [5.41, 5.74) is 0. The smallest absolute Gasteiger partial charge is 0.242 e. The van der Waals surface area contributed by atoms with Crippen molar-refractivity contribution in [1.29, 1.82) is 0 Å². The van der Waals surface area contributed by atoms with Gasteiger partial charge < -0.3 is 5.32 Å². The maximum absolute atomic E-state index is 11.8. The standard InChI is InChI=1S/C9H12BrClN2O2S/c1-12-5-6-13-16(14,15)8-4-2-3-7(10)9(8)11/h2-4,12-13H,5-6H2,1H3. The van der Waals surface area contributed by atoms with Gasteiger partial charge in [0.25, 0.3) is 0 Å². The Morgan fingerprint density at radius 2 is 2.06 bits per heavy atom. The zero-order valence-electron chi connectivity index (χ0n) is 8.63. The third-order valence-corrected chi connectivity index (χ3v) is 4.78. The van der Waals surface area contributed by atoms with Crippen LogP contribution < -0.4 is 10.0 Å². The van der Waals surface area contributed by atoms with Crippen LogP contribution in [0.1, 0.15) is 0 Å². The molecule has 1 aromatic carbocycles. The monoisotopic (exact) mass is 326 g/mol. The predicted octanol–water partition coefficient (Wildman–Crippen LogP) is 1.60. The van der Waals surface area contributed by atoms with Crippen LogP contribution in [0.4, 0.5) is 0 Å². The first-order valence-corrected chi connectivity index (χ1v) is 7.22. The minimum atomic E-state index is -3.54. The molecule has 1 aromatic rings. The summed E-state index contributed by atoms with van der Waals surface area (Å²) in [5, 5.41) is 3.04. The molecule has 0 spiro atoms. The normalized spacial score (nSPS) is 11.7. The van der Waals surface area contributed by atoms with Gasteiger partial charge in [-0.15, -0.1) is 0 Å². The topological polar surface area (TPSA) is 58.2 Å². The molecule has 7 heteroatoms. The summed E-state index contributed by atoms with van der Waals surface area (Å²) >= 11 is 9.09. The first kappa shape index (κ1) is 13.9. The van der Waals surface area contributed by atoms with Crippen molar-refractivity contribution in [3.8, 4) is 0 Å². The van der Waals surface area contributed by atoms with Gasteiger partial charge in [0.15, 0.2) is 0 Å². The lowest BCUT2D eigenvalue weighted by molar-refractivity contribution is 0.579. The molecular weight excluding hydrogens is 316 g/mol. The lowest BCUT2D eigenvalue weighted by atomic mass is 10.4. The summed E-state index contributed by atoms with van der Waals surface area (Å²) in [6.45, 7) is 0.881. The second kappa shape index (κ2) is 5.97. The third-order valence-electron chi connectivity index (χ3n) is 1.87. The van der Waals surface area contributed by atoms with Crippen molar-refractivity contribution < 1.29 is 8.42 Å². The molecule has 0 unspecified atom stereocenters. The molecule has 0 fully saturated rings. The second-order valence-electron chi connectivity index (χ2n) is 3.05. The fraction of sp³-hybridized carbons (Fsp3) is 0.333. The number of hydrogen-bond donors (Lipinski definition) is 2. The molecule has 0 aromatic heterocycles. The van der Waals surface area contributed by atoms with Crippen molar-refractivity contribution in [3.63, 3.8) is 0 Å². The molecule has 4 nitrogen and oxygen atoms in total. The fourth-order valence-electron chi connectivity index (χ4n) is 1.08. The van der Waals surface area contributed by atoms with Crippen molar-refractivity contribution in [2.45, 2.75) is 4.90 Å². The maximum atomic E-state index is 11.8. The van der Waals surface area contributed by atoms with Crippen molar-refractivity contribution in [2.75, 3.05) is 20.1 Å². The molecule has 0 amide bonds. The fourth-order valence-corrected chi connectivity index (χ4v) is 3.14. The highest BCUT2D eigenvalue weighted by Gasteiger charge is 2.18.